The molecule has 1 rings (SSSR count). The summed E-state index contributed by atoms with van der Waals surface area (Å²) in [7, 11) is -3.92. The average Bonchev–Trinajstić information content (AvgIpc) is 2.34. The maximum absolute atomic E-state index is 12.1. The van der Waals surface area contributed by atoms with Crippen LogP contribution in [0.25, 0.3) is 0 Å². The summed E-state index contributed by atoms with van der Waals surface area (Å²) in [5.41, 5.74) is 5.57. The molecule has 0 aromatic heterocycles. The van der Waals surface area contributed by atoms with Crippen molar-refractivity contribution >= 4 is 10.0 Å². The molecule has 114 valence electrons. The van der Waals surface area contributed by atoms with E-state index in [1.54, 1.807) is 6.92 Å². The van der Waals surface area contributed by atoms with E-state index in [0.29, 0.717) is 6.42 Å². The molecule has 0 saturated heterocycles. The van der Waals surface area contributed by atoms with Gasteiger partial charge in [-0.25, -0.2) is 13.1 Å². The second kappa shape index (κ2) is 6.42. The molecule has 0 saturated carbocycles. The van der Waals surface area contributed by atoms with Gasteiger partial charge < -0.3 is 10.5 Å². The second-order valence-electron chi connectivity index (χ2n) is 4.04. The molecule has 1 aromatic rings. The summed E-state index contributed by atoms with van der Waals surface area (Å²) in [6, 6.07) is 3.79. The van der Waals surface area contributed by atoms with E-state index in [9.17, 15) is 21.6 Å². The number of ether oxygens (including phenoxy) is 1. The molecule has 0 spiro atoms. The van der Waals surface area contributed by atoms with Gasteiger partial charge in [-0.3, -0.25) is 0 Å². The van der Waals surface area contributed by atoms with Crippen molar-refractivity contribution in [3.05, 3.63) is 24.3 Å². The molecule has 9 heteroatoms. The smallest absolute Gasteiger partial charge is 0.406 e. The van der Waals surface area contributed by atoms with Gasteiger partial charge in [-0.15, -0.1) is 13.2 Å². The fraction of sp³-hybridized carbons (Fsp3) is 0.455. The Labute approximate surface area is 115 Å². The molecule has 0 radical (unpaired) electrons. The normalized spacial score (nSPS) is 14.1. The summed E-state index contributed by atoms with van der Waals surface area (Å²) in [6.45, 7) is 1.79. The Morgan fingerprint density at radius 3 is 2.60 bits per heavy atom. The molecule has 20 heavy (non-hydrogen) atoms. The molecule has 0 heterocycles. The summed E-state index contributed by atoms with van der Waals surface area (Å²) >= 11 is 0. The van der Waals surface area contributed by atoms with Gasteiger partial charge in [0.25, 0.3) is 0 Å². The van der Waals surface area contributed by atoms with E-state index in [-0.39, 0.29) is 17.5 Å². The number of nitrogens with one attached hydrogen (secondary N) is 1. The predicted molar refractivity (Wildman–Crippen MR) is 66.6 cm³/mol. The van der Waals surface area contributed by atoms with Crippen LogP contribution in [0.3, 0.4) is 0 Å². The highest BCUT2D eigenvalue weighted by atomic mass is 32.2. The van der Waals surface area contributed by atoms with E-state index in [2.05, 4.69) is 9.46 Å². The maximum atomic E-state index is 12.1. The minimum absolute atomic E-state index is 0.00316. The van der Waals surface area contributed by atoms with Crippen LogP contribution < -0.4 is 15.2 Å². The Kier molecular flexibility index (Phi) is 5.37. The van der Waals surface area contributed by atoms with Crippen LogP contribution in [0.5, 0.6) is 5.75 Å². The van der Waals surface area contributed by atoms with E-state index in [0.717, 1.165) is 18.2 Å². The molecule has 0 amide bonds. The monoisotopic (exact) mass is 312 g/mol. The van der Waals surface area contributed by atoms with Gasteiger partial charge in [-0.2, -0.15) is 0 Å². The number of hydrogen-bond acceptors (Lipinski definition) is 4. The summed E-state index contributed by atoms with van der Waals surface area (Å²) < 4.78 is 65.8. The van der Waals surface area contributed by atoms with Gasteiger partial charge in [0, 0.05) is 18.7 Å². The summed E-state index contributed by atoms with van der Waals surface area (Å²) in [5.74, 6) is -0.597. The van der Waals surface area contributed by atoms with Crippen molar-refractivity contribution in [1.82, 2.24) is 4.72 Å². The van der Waals surface area contributed by atoms with Gasteiger partial charge in [0.15, 0.2) is 0 Å². The third-order valence-corrected chi connectivity index (χ3v) is 3.83. The van der Waals surface area contributed by atoms with Crippen molar-refractivity contribution in [2.45, 2.75) is 30.6 Å². The molecule has 0 bridgehead atoms. The fourth-order valence-electron chi connectivity index (χ4n) is 1.28. The van der Waals surface area contributed by atoms with Crippen molar-refractivity contribution in [1.29, 1.82) is 0 Å². The molecule has 0 fully saturated rings. The van der Waals surface area contributed by atoms with Gasteiger partial charge in [-0.1, -0.05) is 13.0 Å². The van der Waals surface area contributed by atoms with Crippen molar-refractivity contribution in [3.8, 4) is 5.75 Å². The van der Waals surface area contributed by atoms with E-state index in [4.69, 9.17) is 5.73 Å². The lowest BCUT2D eigenvalue weighted by molar-refractivity contribution is -0.274. The van der Waals surface area contributed by atoms with Crippen LogP contribution in [0.2, 0.25) is 0 Å². The van der Waals surface area contributed by atoms with Gasteiger partial charge in [0.2, 0.25) is 10.0 Å². The Morgan fingerprint density at radius 1 is 1.40 bits per heavy atom. The largest absolute Gasteiger partial charge is 0.573 e. The minimum atomic E-state index is -4.87. The highest BCUT2D eigenvalue weighted by molar-refractivity contribution is 7.89. The van der Waals surface area contributed by atoms with Gasteiger partial charge >= 0.3 is 6.36 Å². The third-order valence-electron chi connectivity index (χ3n) is 2.41. The van der Waals surface area contributed by atoms with Crippen LogP contribution >= 0.6 is 0 Å². The van der Waals surface area contributed by atoms with Crippen LogP contribution in [0, 0.1) is 0 Å². The first-order chi connectivity index (χ1) is 9.14. The van der Waals surface area contributed by atoms with Crippen molar-refractivity contribution in [3.63, 3.8) is 0 Å². The van der Waals surface area contributed by atoms with Gasteiger partial charge in [0.1, 0.15) is 5.75 Å². The zero-order valence-electron chi connectivity index (χ0n) is 10.6. The molecule has 0 aliphatic carbocycles. The lowest BCUT2D eigenvalue weighted by Gasteiger charge is -2.12. The van der Waals surface area contributed by atoms with Gasteiger partial charge in [-0.05, 0) is 18.6 Å². The summed E-state index contributed by atoms with van der Waals surface area (Å²) in [6.07, 6.45) is -4.31. The zero-order chi connectivity index (χ0) is 15.4. The number of sulfonamides is 1. The van der Waals surface area contributed by atoms with Crippen LogP contribution in [0.4, 0.5) is 13.2 Å². The van der Waals surface area contributed by atoms with Crippen LogP contribution in [-0.4, -0.2) is 27.4 Å². The van der Waals surface area contributed by atoms with Crippen LogP contribution in [-0.2, 0) is 10.0 Å². The number of hydrogen-bond donors (Lipinski definition) is 2. The summed E-state index contributed by atoms with van der Waals surface area (Å²) in [5, 5.41) is 0. The standard InChI is InChI=1S/C11H15F3N2O3S/c1-2-8(15)7-16-20(17,18)10-5-3-4-9(6-10)19-11(12,13)14/h3-6,8,16H,2,7,15H2,1H3. The van der Waals surface area contributed by atoms with Crippen molar-refractivity contribution in [2.24, 2.45) is 5.73 Å². The number of rotatable bonds is 6. The second-order valence-corrected chi connectivity index (χ2v) is 5.81. The third kappa shape index (κ3) is 5.35. The molecular weight excluding hydrogens is 297 g/mol. The van der Waals surface area contributed by atoms with Crippen molar-refractivity contribution < 1.29 is 26.3 Å². The number of halogens is 3. The molecule has 0 aliphatic rings. The lowest BCUT2D eigenvalue weighted by Crippen LogP contribution is -2.36. The Balaban J connectivity index is 2.88. The van der Waals surface area contributed by atoms with Gasteiger partial charge in [0.05, 0.1) is 4.90 Å². The maximum Gasteiger partial charge on any atom is 0.573 e. The first kappa shape index (κ1) is 16.7. The highest BCUT2D eigenvalue weighted by Crippen LogP contribution is 2.24. The first-order valence-corrected chi connectivity index (χ1v) is 7.23. The molecule has 1 aromatic carbocycles. The van der Waals surface area contributed by atoms with E-state index < -0.39 is 22.1 Å². The Hall–Kier alpha value is -1.32. The first-order valence-electron chi connectivity index (χ1n) is 5.75. The lowest BCUT2D eigenvalue weighted by atomic mass is 10.2. The Morgan fingerprint density at radius 2 is 2.05 bits per heavy atom. The topological polar surface area (TPSA) is 81.4 Å². The highest BCUT2D eigenvalue weighted by Gasteiger charge is 2.31. The molecule has 0 aliphatic heterocycles. The molecule has 1 unspecified atom stereocenters. The number of benzene rings is 1. The Bertz CT molecular complexity index is 546. The molecular formula is C11H15F3N2O3S. The van der Waals surface area contributed by atoms with Crippen LogP contribution in [0.15, 0.2) is 29.2 Å². The summed E-state index contributed by atoms with van der Waals surface area (Å²) in [4.78, 5) is -0.317. The average molecular weight is 312 g/mol. The quantitative estimate of drug-likeness (QED) is 0.836. The molecule has 5 nitrogen and oxygen atoms in total. The predicted octanol–water partition coefficient (Wildman–Crippen LogP) is 1.60. The zero-order valence-corrected chi connectivity index (χ0v) is 11.5. The van der Waals surface area contributed by atoms with E-state index in [1.807, 2.05) is 0 Å². The van der Waals surface area contributed by atoms with E-state index in [1.165, 1.54) is 6.07 Å². The number of alkyl halides is 3. The minimum Gasteiger partial charge on any atom is -0.406 e. The molecule has 1 atom stereocenters. The molecule has 3 N–H and O–H groups in total. The SMILES string of the molecule is CCC(N)CNS(=O)(=O)c1cccc(OC(F)(F)F)c1. The van der Waals surface area contributed by atoms with E-state index >= 15 is 0 Å². The number of nitrogens with two attached hydrogens (primary N) is 1. The fourth-order valence-corrected chi connectivity index (χ4v) is 2.41. The van der Waals surface area contributed by atoms with Crippen LogP contribution in [0.1, 0.15) is 13.3 Å². The van der Waals surface area contributed by atoms with Crippen molar-refractivity contribution in [2.75, 3.05) is 6.54 Å².